The van der Waals surface area contributed by atoms with Gasteiger partial charge in [-0.2, -0.15) is 0 Å². The van der Waals surface area contributed by atoms with Gasteiger partial charge in [0, 0.05) is 26.8 Å². The molecule has 0 unspecified atom stereocenters. The number of carbonyl (C=O) groups is 1. The Balaban J connectivity index is 2.32. The molecule has 0 saturated carbocycles. The molecule has 4 heteroatoms. The van der Waals surface area contributed by atoms with E-state index < -0.39 is 6.10 Å². The Morgan fingerprint density at radius 2 is 2.14 bits per heavy atom. The fourth-order valence-corrected chi connectivity index (χ4v) is 1.82. The Morgan fingerprint density at radius 3 is 2.57 bits per heavy atom. The summed E-state index contributed by atoms with van der Waals surface area (Å²) in [6, 6.07) is 0. The van der Waals surface area contributed by atoms with Gasteiger partial charge in [-0.1, -0.05) is 0 Å². The van der Waals surface area contributed by atoms with Crippen LogP contribution in [0, 0.1) is 5.92 Å². The number of methoxy groups -OCH3 is 1. The number of hydrogen-bond acceptors (Lipinski definition) is 3. The van der Waals surface area contributed by atoms with Gasteiger partial charge in [-0.15, -0.1) is 0 Å². The van der Waals surface area contributed by atoms with E-state index in [1.165, 1.54) is 6.92 Å². The molecule has 0 aliphatic carbocycles. The Bertz CT molecular complexity index is 186. The molecule has 1 fully saturated rings. The van der Waals surface area contributed by atoms with Gasteiger partial charge >= 0.3 is 0 Å². The molecular formula is C10H19NO3. The third-order valence-electron chi connectivity index (χ3n) is 2.69. The first kappa shape index (κ1) is 11.5. The van der Waals surface area contributed by atoms with Crippen LogP contribution in [0.3, 0.4) is 0 Å². The van der Waals surface area contributed by atoms with Crippen LogP contribution in [0.1, 0.15) is 19.8 Å². The van der Waals surface area contributed by atoms with Gasteiger partial charge in [0.05, 0.1) is 0 Å². The number of nitrogens with zero attached hydrogens (tertiary/aromatic N) is 1. The van der Waals surface area contributed by atoms with Crippen LogP contribution in [0.4, 0.5) is 0 Å². The van der Waals surface area contributed by atoms with E-state index >= 15 is 0 Å². The Hall–Kier alpha value is -0.610. The first-order valence-corrected chi connectivity index (χ1v) is 5.11. The molecule has 0 spiro atoms. The Labute approximate surface area is 84.8 Å². The topological polar surface area (TPSA) is 49.8 Å². The maximum atomic E-state index is 11.4. The van der Waals surface area contributed by atoms with Gasteiger partial charge in [0.15, 0.2) is 0 Å². The van der Waals surface area contributed by atoms with E-state index in [0.29, 0.717) is 5.92 Å². The molecule has 1 amide bonds. The van der Waals surface area contributed by atoms with Gasteiger partial charge in [0.1, 0.15) is 6.10 Å². The second kappa shape index (κ2) is 5.32. The molecule has 82 valence electrons. The number of rotatable bonds is 3. The van der Waals surface area contributed by atoms with E-state index in [1.807, 2.05) is 0 Å². The summed E-state index contributed by atoms with van der Waals surface area (Å²) in [5.41, 5.74) is 0. The lowest BCUT2D eigenvalue weighted by Gasteiger charge is -2.32. The molecule has 1 rings (SSSR count). The molecular weight excluding hydrogens is 182 g/mol. The number of piperidine rings is 1. The van der Waals surface area contributed by atoms with Gasteiger partial charge in [0.25, 0.3) is 5.91 Å². The predicted octanol–water partition coefficient (Wildman–Crippen LogP) is 0.252. The van der Waals surface area contributed by atoms with Crippen LogP contribution in [0.2, 0.25) is 0 Å². The normalized spacial score (nSPS) is 20.9. The van der Waals surface area contributed by atoms with E-state index in [1.54, 1.807) is 12.0 Å². The molecule has 14 heavy (non-hydrogen) atoms. The highest BCUT2D eigenvalue weighted by molar-refractivity contribution is 5.80. The van der Waals surface area contributed by atoms with E-state index in [0.717, 1.165) is 32.5 Å². The summed E-state index contributed by atoms with van der Waals surface area (Å²) in [7, 11) is 1.70. The standard InChI is InChI=1S/C10H19NO3/c1-8(12)10(13)11-5-3-9(4-6-11)7-14-2/h8-9,12H,3-7H2,1-2H3/t8-/m0/s1. The number of ether oxygens (including phenoxy) is 1. The minimum absolute atomic E-state index is 0.152. The molecule has 0 radical (unpaired) electrons. The van der Waals surface area contributed by atoms with Crippen LogP contribution in [0.25, 0.3) is 0 Å². The average molecular weight is 201 g/mol. The summed E-state index contributed by atoms with van der Waals surface area (Å²) in [5, 5.41) is 9.13. The number of hydrogen-bond donors (Lipinski definition) is 1. The van der Waals surface area contributed by atoms with Gasteiger partial charge in [-0.25, -0.2) is 0 Å². The second-order valence-corrected chi connectivity index (χ2v) is 3.90. The van der Waals surface area contributed by atoms with Crippen molar-refractivity contribution in [1.29, 1.82) is 0 Å². The maximum absolute atomic E-state index is 11.4. The summed E-state index contributed by atoms with van der Waals surface area (Å²) in [4.78, 5) is 13.1. The lowest BCUT2D eigenvalue weighted by atomic mass is 9.97. The smallest absolute Gasteiger partial charge is 0.251 e. The van der Waals surface area contributed by atoms with Crippen LogP contribution in [-0.4, -0.2) is 48.8 Å². The van der Waals surface area contributed by atoms with Crippen molar-refractivity contribution in [1.82, 2.24) is 4.90 Å². The van der Waals surface area contributed by atoms with Crippen molar-refractivity contribution in [3.05, 3.63) is 0 Å². The van der Waals surface area contributed by atoms with Gasteiger partial charge < -0.3 is 14.7 Å². The van der Waals surface area contributed by atoms with Gasteiger partial charge in [-0.3, -0.25) is 4.79 Å². The fraction of sp³-hybridized carbons (Fsp3) is 0.900. The van der Waals surface area contributed by atoms with Crippen molar-refractivity contribution >= 4 is 5.91 Å². The lowest BCUT2D eigenvalue weighted by molar-refractivity contribution is -0.140. The number of aliphatic hydroxyl groups is 1. The van der Waals surface area contributed by atoms with Gasteiger partial charge in [0.2, 0.25) is 0 Å². The molecule has 1 heterocycles. The summed E-state index contributed by atoms with van der Waals surface area (Å²) >= 11 is 0. The summed E-state index contributed by atoms with van der Waals surface area (Å²) in [5.74, 6) is 0.416. The summed E-state index contributed by atoms with van der Waals surface area (Å²) in [6.45, 7) is 3.79. The van der Waals surface area contributed by atoms with Gasteiger partial charge in [-0.05, 0) is 25.7 Å². The SMILES string of the molecule is COCC1CCN(C(=O)[C@H](C)O)CC1. The van der Waals surface area contributed by atoms with E-state index in [2.05, 4.69) is 0 Å². The van der Waals surface area contributed by atoms with Crippen LogP contribution in [0.15, 0.2) is 0 Å². The number of carbonyl (C=O) groups excluding carboxylic acids is 1. The minimum atomic E-state index is -0.867. The first-order valence-electron chi connectivity index (χ1n) is 5.11. The van der Waals surface area contributed by atoms with E-state index in [4.69, 9.17) is 9.84 Å². The van der Waals surface area contributed by atoms with Crippen LogP contribution in [-0.2, 0) is 9.53 Å². The van der Waals surface area contributed by atoms with E-state index in [9.17, 15) is 4.79 Å². The zero-order valence-corrected chi connectivity index (χ0v) is 8.90. The monoisotopic (exact) mass is 201 g/mol. The second-order valence-electron chi connectivity index (χ2n) is 3.90. The highest BCUT2D eigenvalue weighted by atomic mass is 16.5. The Kier molecular flexibility index (Phi) is 4.35. The number of amides is 1. The van der Waals surface area contributed by atoms with Crippen molar-refractivity contribution < 1.29 is 14.6 Å². The lowest BCUT2D eigenvalue weighted by Crippen LogP contribution is -2.43. The van der Waals surface area contributed by atoms with Crippen molar-refractivity contribution in [2.45, 2.75) is 25.9 Å². The molecule has 1 N–H and O–H groups in total. The number of likely N-dealkylation sites (tertiary alicyclic amines) is 1. The largest absolute Gasteiger partial charge is 0.384 e. The maximum Gasteiger partial charge on any atom is 0.251 e. The molecule has 0 aromatic rings. The minimum Gasteiger partial charge on any atom is -0.384 e. The van der Waals surface area contributed by atoms with Crippen molar-refractivity contribution in [2.75, 3.05) is 26.8 Å². The highest BCUT2D eigenvalue weighted by Crippen LogP contribution is 2.17. The molecule has 1 saturated heterocycles. The molecule has 1 aliphatic rings. The average Bonchev–Trinajstić information content (AvgIpc) is 2.18. The molecule has 1 atom stereocenters. The molecule has 0 aromatic carbocycles. The molecule has 4 nitrogen and oxygen atoms in total. The van der Waals surface area contributed by atoms with E-state index in [-0.39, 0.29) is 5.91 Å². The van der Waals surface area contributed by atoms with Crippen LogP contribution in [0.5, 0.6) is 0 Å². The Morgan fingerprint density at radius 1 is 1.57 bits per heavy atom. The van der Waals surface area contributed by atoms with Crippen molar-refractivity contribution in [2.24, 2.45) is 5.92 Å². The zero-order valence-electron chi connectivity index (χ0n) is 8.90. The highest BCUT2D eigenvalue weighted by Gasteiger charge is 2.24. The molecule has 0 bridgehead atoms. The summed E-state index contributed by atoms with van der Waals surface area (Å²) < 4.78 is 5.07. The predicted molar refractivity (Wildman–Crippen MR) is 52.9 cm³/mol. The molecule has 0 aromatic heterocycles. The first-order chi connectivity index (χ1) is 6.65. The van der Waals surface area contributed by atoms with Crippen molar-refractivity contribution in [3.63, 3.8) is 0 Å². The fourth-order valence-electron chi connectivity index (χ4n) is 1.82. The quantitative estimate of drug-likeness (QED) is 0.712. The van der Waals surface area contributed by atoms with Crippen LogP contribution >= 0.6 is 0 Å². The summed E-state index contributed by atoms with van der Waals surface area (Å²) in [6.07, 6.45) is 1.09. The third-order valence-corrected chi connectivity index (χ3v) is 2.69. The number of aliphatic hydroxyl groups excluding tert-OH is 1. The molecule has 1 aliphatic heterocycles. The van der Waals surface area contributed by atoms with Crippen LogP contribution < -0.4 is 0 Å². The third kappa shape index (κ3) is 2.96. The van der Waals surface area contributed by atoms with Crippen molar-refractivity contribution in [3.8, 4) is 0 Å². The zero-order chi connectivity index (χ0) is 10.6.